The molecule has 162 valence electrons. The van der Waals surface area contributed by atoms with Gasteiger partial charge in [0.25, 0.3) is 0 Å². The van der Waals surface area contributed by atoms with Crippen molar-refractivity contribution in [1.29, 1.82) is 5.26 Å². The van der Waals surface area contributed by atoms with Crippen LogP contribution in [-0.2, 0) is 17.6 Å². The summed E-state index contributed by atoms with van der Waals surface area (Å²) in [6.07, 6.45) is 8.80. The number of ether oxygens (including phenoxy) is 1. The normalized spacial score (nSPS) is 26.6. The zero-order chi connectivity index (χ0) is 21.5. The number of carbonyl (C=O) groups excluding carboxylic acids is 1. The zero-order valence-corrected chi connectivity index (χ0v) is 16.7. The van der Waals surface area contributed by atoms with Gasteiger partial charge in [0, 0.05) is 24.2 Å². The number of aryl methyl sites for hydroxylation is 1. The lowest BCUT2D eigenvalue weighted by molar-refractivity contribution is -0.126. The molecule has 1 amide bonds. The fraction of sp³-hybridized carbons (Fsp3) is 0.524. The van der Waals surface area contributed by atoms with Gasteiger partial charge in [-0.25, -0.2) is 4.68 Å². The predicted octanol–water partition coefficient (Wildman–Crippen LogP) is 2.18. The van der Waals surface area contributed by atoms with E-state index in [4.69, 9.17) is 0 Å². The largest absolute Gasteiger partial charge is 0.417 e. The molecule has 4 heterocycles. The average Bonchev–Trinajstić information content (AvgIpc) is 3.44. The number of halogens is 2. The molecule has 2 aromatic heterocycles. The van der Waals surface area contributed by atoms with Crippen molar-refractivity contribution in [3.63, 3.8) is 0 Å². The predicted molar refractivity (Wildman–Crippen MR) is 104 cm³/mol. The Bertz CT molecular complexity index is 1040. The van der Waals surface area contributed by atoms with Crippen molar-refractivity contribution < 1.29 is 18.3 Å². The Kier molecular flexibility index (Phi) is 4.96. The summed E-state index contributed by atoms with van der Waals surface area (Å²) >= 11 is 0. The number of alkyl halides is 2. The standard InChI is InChI=1S/C21H22F2N6O2/c22-21(23)31-19-3-1-2-18(26-19)29-10-13-8-12(4-6-15(13)27-29)20(30)25-16-9-14-5-7-17(16)28(14)11-24/h1-3,10,12,14,16-17,21H,4-9H2,(H,25,30)/t12-,14-,16+,17+/m0/s1. The molecule has 3 aliphatic rings. The van der Waals surface area contributed by atoms with Crippen LogP contribution in [0.4, 0.5) is 8.78 Å². The first-order valence-electron chi connectivity index (χ1n) is 10.5. The van der Waals surface area contributed by atoms with Gasteiger partial charge in [0.15, 0.2) is 12.0 Å². The Morgan fingerprint density at radius 3 is 2.97 bits per heavy atom. The molecule has 5 rings (SSSR count). The summed E-state index contributed by atoms with van der Waals surface area (Å²) in [7, 11) is 0. The molecule has 10 heteroatoms. The monoisotopic (exact) mass is 428 g/mol. The van der Waals surface area contributed by atoms with E-state index in [1.165, 1.54) is 6.07 Å². The first-order chi connectivity index (χ1) is 15.0. The van der Waals surface area contributed by atoms with Gasteiger partial charge < -0.3 is 15.0 Å². The lowest BCUT2D eigenvalue weighted by Gasteiger charge is -2.26. The average molecular weight is 428 g/mol. The van der Waals surface area contributed by atoms with Crippen LogP contribution in [0.25, 0.3) is 5.82 Å². The van der Waals surface area contributed by atoms with E-state index in [0.717, 1.165) is 30.5 Å². The van der Waals surface area contributed by atoms with Crippen LogP contribution >= 0.6 is 0 Å². The van der Waals surface area contributed by atoms with Gasteiger partial charge in [-0.2, -0.15) is 24.1 Å². The minimum atomic E-state index is -2.94. The van der Waals surface area contributed by atoms with Crippen LogP contribution in [0.1, 0.15) is 36.9 Å². The highest BCUT2D eigenvalue weighted by Gasteiger charge is 2.47. The van der Waals surface area contributed by atoms with Crippen molar-refractivity contribution in [2.75, 3.05) is 0 Å². The minimum Gasteiger partial charge on any atom is -0.417 e. The highest BCUT2D eigenvalue weighted by Crippen LogP contribution is 2.37. The summed E-state index contributed by atoms with van der Waals surface area (Å²) in [6, 6.07) is 5.02. The molecule has 8 nitrogen and oxygen atoms in total. The highest BCUT2D eigenvalue weighted by atomic mass is 19.3. The fourth-order valence-electron chi connectivity index (χ4n) is 5.13. The number of pyridine rings is 1. The number of hydrogen-bond acceptors (Lipinski definition) is 6. The molecule has 1 aliphatic carbocycles. The Morgan fingerprint density at radius 2 is 2.19 bits per heavy atom. The van der Waals surface area contributed by atoms with Crippen LogP contribution in [0.3, 0.4) is 0 Å². The topological polar surface area (TPSA) is 96.1 Å². The molecule has 4 atom stereocenters. The molecule has 2 bridgehead atoms. The van der Waals surface area contributed by atoms with E-state index in [0.29, 0.717) is 25.1 Å². The van der Waals surface area contributed by atoms with Gasteiger partial charge in [0.1, 0.15) is 0 Å². The Labute approximate surface area is 177 Å². The Morgan fingerprint density at radius 1 is 1.32 bits per heavy atom. The maximum absolute atomic E-state index is 12.9. The molecule has 2 aliphatic heterocycles. The number of hydrogen-bond donors (Lipinski definition) is 1. The number of aromatic nitrogens is 3. The molecule has 0 aromatic carbocycles. The summed E-state index contributed by atoms with van der Waals surface area (Å²) in [5.41, 5.74) is 1.85. The van der Waals surface area contributed by atoms with E-state index in [-0.39, 0.29) is 35.8 Å². The van der Waals surface area contributed by atoms with Crippen LogP contribution in [0.15, 0.2) is 24.4 Å². The van der Waals surface area contributed by atoms with Crippen molar-refractivity contribution in [3.8, 4) is 17.9 Å². The van der Waals surface area contributed by atoms with Crippen molar-refractivity contribution in [1.82, 2.24) is 25.0 Å². The molecule has 1 N–H and O–H groups in total. The van der Waals surface area contributed by atoms with Gasteiger partial charge in [-0.3, -0.25) is 4.79 Å². The molecular formula is C21H22F2N6O2. The van der Waals surface area contributed by atoms with E-state index in [1.54, 1.807) is 23.0 Å². The van der Waals surface area contributed by atoms with Crippen molar-refractivity contribution in [3.05, 3.63) is 35.7 Å². The summed E-state index contributed by atoms with van der Waals surface area (Å²) in [5.74, 6) is 0.0863. The maximum Gasteiger partial charge on any atom is 0.388 e. The lowest BCUT2D eigenvalue weighted by Crippen LogP contribution is -2.46. The van der Waals surface area contributed by atoms with Gasteiger partial charge in [-0.15, -0.1) is 0 Å². The highest BCUT2D eigenvalue weighted by molar-refractivity contribution is 5.79. The number of nitrogens with zero attached hydrogens (tertiary/aromatic N) is 5. The Balaban J connectivity index is 1.26. The second-order valence-corrected chi connectivity index (χ2v) is 8.35. The van der Waals surface area contributed by atoms with E-state index in [9.17, 15) is 18.8 Å². The number of nitrogens with one attached hydrogen (secondary N) is 1. The van der Waals surface area contributed by atoms with Gasteiger partial charge in [-0.1, -0.05) is 6.07 Å². The van der Waals surface area contributed by atoms with Crippen molar-refractivity contribution in [2.45, 2.75) is 63.3 Å². The lowest BCUT2D eigenvalue weighted by atomic mass is 9.86. The molecule has 31 heavy (non-hydrogen) atoms. The molecule has 2 saturated heterocycles. The van der Waals surface area contributed by atoms with Crippen LogP contribution in [0, 0.1) is 17.4 Å². The second kappa shape index (κ2) is 7.80. The summed E-state index contributed by atoms with van der Waals surface area (Å²) < 4.78 is 30.8. The smallest absolute Gasteiger partial charge is 0.388 e. The second-order valence-electron chi connectivity index (χ2n) is 8.35. The third-order valence-electron chi connectivity index (χ3n) is 6.58. The number of rotatable bonds is 5. The Hall–Kier alpha value is -3.22. The van der Waals surface area contributed by atoms with E-state index >= 15 is 0 Å². The van der Waals surface area contributed by atoms with E-state index in [2.05, 4.69) is 26.3 Å². The SMILES string of the molecule is N#CN1[C@H]2CC[C@@H]1[C@H](NC(=O)[C@H]1CCc3nn(-c4cccc(OC(F)F)n4)cc3C1)C2. The molecular weight excluding hydrogens is 406 g/mol. The molecule has 2 fully saturated rings. The van der Waals surface area contributed by atoms with Gasteiger partial charge >= 0.3 is 6.61 Å². The van der Waals surface area contributed by atoms with E-state index < -0.39 is 6.61 Å². The fourth-order valence-corrected chi connectivity index (χ4v) is 5.13. The quantitative estimate of drug-likeness (QED) is 0.734. The summed E-state index contributed by atoms with van der Waals surface area (Å²) in [6.45, 7) is -2.94. The van der Waals surface area contributed by atoms with Gasteiger partial charge in [-0.05, 0) is 50.2 Å². The number of amides is 1. The van der Waals surface area contributed by atoms with E-state index in [1.807, 2.05) is 4.90 Å². The van der Waals surface area contributed by atoms with Crippen LogP contribution in [-0.4, -0.2) is 50.3 Å². The molecule has 0 saturated carbocycles. The molecule has 0 radical (unpaired) electrons. The zero-order valence-electron chi connectivity index (χ0n) is 16.7. The third kappa shape index (κ3) is 3.69. The van der Waals surface area contributed by atoms with Gasteiger partial charge in [0.05, 0.1) is 17.8 Å². The van der Waals surface area contributed by atoms with Crippen molar-refractivity contribution in [2.24, 2.45) is 5.92 Å². The summed E-state index contributed by atoms with van der Waals surface area (Å²) in [5, 5.41) is 17.0. The molecule has 0 spiro atoms. The number of carbonyl (C=O) groups is 1. The molecule has 0 unspecified atom stereocenters. The maximum atomic E-state index is 12.9. The van der Waals surface area contributed by atoms with Crippen LogP contribution in [0.2, 0.25) is 0 Å². The van der Waals surface area contributed by atoms with Crippen LogP contribution < -0.4 is 10.1 Å². The van der Waals surface area contributed by atoms with Gasteiger partial charge in [0.2, 0.25) is 11.8 Å². The number of fused-ring (bicyclic) bond motifs is 3. The van der Waals surface area contributed by atoms with Crippen LogP contribution in [0.5, 0.6) is 5.88 Å². The minimum absolute atomic E-state index is 0.0271. The molecule has 2 aromatic rings. The first-order valence-corrected chi connectivity index (χ1v) is 10.5. The summed E-state index contributed by atoms with van der Waals surface area (Å²) in [4.78, 5) is 18.8. The first kappa shape index (κ1) is 19.7. The van der Waals surface area contributed by atoms with Crippen molar-refractivity contribution >= 4 is 5.91 Å². The number of nitriles is 1. The third-order valence-corrected chi connectivity index (χ3v) is 6.58.